The molecular weight excluding hydrogens is 328 g/mol. The van der Waals surface area contributed by atoms with Crippen molar-refractivity contribution in [1.29, 1.82) is 0 Å². The molecule has 94 valence electrons. The van der Waals surface area contributed by atoms with Crippen LogP contribution in [0.5, 0.6) is 0 Å². The second-order valence-corrected chi connectivity index (χ2v) is 9.00. The summed E-state index contributed by atoms with van der Waals surface area (Å²) in [6.45, 7) is 3.26. The SMILES string of the molecule is CCS(=O)(=O)[C@@](Cl)(Br)C(=O)c1cccc(C)c1. The summed E-state index contributed by atoms with van der Waals surface area (Å²) in [5.41, 5.74) is 1.14. The quantitative estimate of drug-likeness (QED) is 0.626. The summed E-state index contributed by atoms with van der Waals surface area (Å²) < 4.78 is 21.4. The van der Waals surface area contributed by atoms with Crippen LogP contribution >= 0.6 is 27.5 Å². The molecule has 0 amide bonds. The van der Waals surface area contributed by atoms with Gasteiger partial charge in [-0.3, -0.25) is 4.79 Å². The van der Waals surface area contributed by atoms with Crippen molar-refractivity contribution in [1.82, 2.24) is 0 Å². The summed E-state index contributed by atoms with van der Waals surface area (Å²) in [5.74, 6) is -0.871. The average molecular weight is 340 g/mol. The van der Waals surface area contributed by atoms with E-state index in [-0.39, 0.29) is 11.3 Å². The minimum Gasteiger partial charge on any atom is -0.290 e. The first-order chi connectivity index (χ1) is 7.72. The number of carbonyl (C=O) groups is 1. The molecule has 17 heavy (non-hydrogen) atoms. The maximum absolute atomic E-state index is 12.1. The van der Waals surface area contributed by atoms with Gasteiger partial charge < -0.3 is 0 Å². The van der Waals surface area contributed by atoms with Crippen molar-refractivity contribution < 1.29 is 13.2 Å². The maximum atomic E-state index is 12.1. The number of ketones is 1. The molecule has 1 aromatic rings. The molecular formula is C11H12BrClO3S. The Morgan fingerprint density at radius 1 is 1.47 bits per heavy atom. The molecule has 0 fully saturated rings. The fourth-order valence-electron chi connectivity index (χ4n) is 1.28. The van der Waals surface area contributed by atoms with Gasteiger partial charge in [-0.25, -0.2) is 8.42 Å². The Labute approximate surface area is 114 Å². The Bertz CT molecular complexity index is 537. The lowest BCUT2D eigenvalue weighted by atomic mass is 10.1. The van der Waals surface area contributed by atoms with E-state index in [4.69, 9.17) is 11.6 Å². The Kier molecular flexibility index (Phi) is 4.38. The van der Waals surface area contributed by atoms with E-state index in [1.165, 1.54) is 6.92 Å². The Hall–Kier alpha value is -0.390. The van der Waals surface area contributed by atoms with Crippen LogP contribution in [-0.4, -0.2) is 23.1 Å². The molecule has 0 saturated carbocycles. The van der Waals surface area contributed by atoms with Gasteiger partial charge in [0.25, 0.3) is 3.12 Å². The van der Waals surface area contributed by atoms with E-state index in [1.807, 2.05) is 13.0 Å². The number of rotatable bonds is 4. The fraction of sp³-hybridized carbons (Fsp3) is 0.364. The number of benzene rings is 1. The first-order valence-electron chi connectivity index (χ1n) is 4.94. The van der Waals surface area contributed by atoms with Crippen LogP contribution in [0.1, 0.15) is 22.8 Å². The first-order valence-corrected chi connectivity index (χ1v) is 7.76. The van der Waals surface area contributed by atoms with Gasteiger partial charge in [0.15, 0.2) is 9.84 Å². The smallest absolute Gasteiger partial charge is 0.261 e. The number of aryl methyl sites for hydroxylation is 1. The summed E-state index contributed by atoms with van der Waals surface area (Å²) in [6, 6.07) is 6.64. The third-order valence-electron chi connectivity index (χ3n) is 2.32. The highest BCUT2D eigenvalue weighted by atomic mass is 79.9. The number of hydrogen-bond donors (Lipinski definition) is 0. The van der Waals surface area contributed by atoms with Crippen molar-refractivity contribution in [2.75, 3.05) is 5.75 Å². The summed E-state index contributed by atoms with van der Waals surface area (Å²) in [4.78, 5) is 12.1. The average Bonchev–Trinajstić information content (AvgIpc) is 2.27. The van der Waals surface area contributed by atoms with E-state index in [2.05, 4.69) is 15.9 Å². The summed E-state index contributed by atoms with van der Waals surface area (Å²) >= 11 is 8.66. The van der Waals surface area contributed by atoms with E-state index < -0.39 is 18.7 Å². The minimum absolute atomic E-state index is 0.209. The number of carbonyl (C=O) groups excluding carboxylic acids is 1. The topological polar surface area (TPSA) is 51.2 Å². The van der Waals surface area contributed by atoms with Gasteiger partial charge in [0.2, 0.25) is 5.78 Å². The molecule has 0 N–H and O–H groups in total. The van der Waals surface area contributed by atoms with Crippen molar-refractivity contribution in [2.24, 2.45) is 0 Å². The molecule has 1 rings (SSSR count). The lowest BCUT2D eigenvalue weighted by Gasteiger charge is -2.18. The van der Waals surface area contributed by atoms with E-state index in [0.717, 1.165) is 5.56 Å². The Balaban J connectivity index is 3.23. The largest absolute Gasteiger partial charge is 0.290 e. The summed E-state index contributed by atoms with van der Waals surface area (Å²) in [5, 5.41) is 0. The Morgan fingerprint density at radius 3 is 2.53 bits per heavy atom. The van der Waals surface area contributed by atoms with E-state index >= 15 is 0 Å². The second-order valence-electron chi connectivity index (χ2n) is 3.62. The zero-order chi connectivity index (χ0) is 13.3. The molecule has 1 atom stereocenters. The molecule has 0 aliphatic carbocycles. The number of halogens is 2. The van der Waals surface area contributed by atoms with Gasteiger partial charge in [-0.2, -0.15) is 0 Å². The van der Waals surface area contributed by atoms with Crippen molar-refractivity contribution >= 4 is 43.2 Å². The number of sulfone groups is 1. The molecule has 0 aliphatic rings. The van der Waals surface area contributed by atoms with E-state index in [1.54, 1.807) is 18.2 Å². The minimum atomic E-state index is -3.73. The fourth-order valence-corrected chi connectivity index (χ4v) is 3.39. The molecule has 0 unspecified atom stereocenters. The van der Waals surface area contributed by atoms with Crippen LogP contribution in [0.25, 0.3) is 0 Å². The monoisotopic (exact) mass is 338 g/mol. The molecule has 0 radical (unpaired) electrons. The highest BCUT2D eigenvalue weighted by molar-refractivity contribution is 9.12. The van der Waals surface area contributed by atoms with Gasteiger partial charge >= 0.3 is 0 Å². The van der Waals surface area contributed by atoms with Crippen molar-refractivity contribution in [3.05, 3.63) is 35.4 Å². The predicted octanol–water partition coefficient (Wildman–Crippen LogP) is 2.90. The number of hydrogen-bond acceptors (Lipinski definition) is 3. The van der Waals surface area contributed by atoms with Crippen molar-refractivity contribution in [2.45, 2.75) is 17.0 Å². The lowest BCUT2D eigenvalue weighted by Crippen LogP contribution is -2.36. The zero-order valence-electron chi connectivity index (χ0n) is 9.41. The van der Waals surface area contributed by atoms with Gasteiger partial charge in [-0.15, -0.1) is 0 Å². The highest BCUT2D eigenvalue weighted by Gasteiger charge is 2.45. The molecule has 0 heterocycles. The third kappa shape index (κ3) is 2.89. The Morgan fingerprint density at radius 2 is 2.06 bits per heavy atom. The van der Waals surface area contributed by atoms with Crippen LogP contribution in [-0.2, 0) is 9.84 Å². The summed E-state index contributed by atoms with van der Waals surface area (Å²) in [7, 11) is -3.73. The maximum Gasteiger partial charge on any atom is 0.261 e. The van der Waals surface area contributed by atoms with Crippen LogP contribution < -0.4 is 0 Å². The first kappa shape index (κ1) is 14.7. The second kappa shape index (κ2) is 5.08. The van der Waals surface area contributed by atoms with E-state index in [9.17, 15) is 13.2 Å². The number of alkyl halides is 2. The molecule has 0 bridgehead atoms. The van der Waals surface area contributed by atoms with Crippen molar-refractivity contribution in [3.63, 3.8) is 0 Å². The van der Waals surface area contributed by atoms with Crippen LogP contribution in [0.15, 0.2) is 24.3 Å². The van der Waals surface area contributed by atoms with Gasteiger partial charge in [-0.1, -0.05) is 42.3 Å². The normalized spacial score (nSPS) is 15.3. The number of Topliss-reactive ketones (excluding diaryl/α,β-unsaturated/α-hetero) is 1. The van der Waals surface area contributed by atoms with Gasteiger partial charge in [0.05, 0.1) is 5.75 Å². The predicted molar refractivity (Wildman–Crippen MR) is 72.5 cm³/mol. The van der Waals surface area contributed by atoms with Gasteiger partial charge in [-0.05, 0) is 28.9 Å². The van der Waals surface area contributed by atoms with Crippen LogP contribution in [0, 0.1) is 6.92 Å². The van der Waals surface area contributed by atoms with Crippen LogP contribution in [0.3, 0.4) is 0 Å². The third-order valence-corrected chi connectivity index (χ3v) is 6.76. The lowest BCUT2D eigenvalue weighted by molar-refractivity contribution is 0.1000. The standard InChI is InChI=1S/C11H12BrClO3S/c1-3-17(15,16)11(12,13)10(14)9-6-4-5-8(2)7-9/h4-7H,3H2,1-2H3/t11-/m1/s1. The molecule has 1 aromatic carbocycles. The van der Waals surface area contributed by atoms with Crippen LogP contribution in [0.2, 0.25) is 0 Å². The van der Waals surface area contributed by atoms with Gasteiger partial charge in [0, 0.05) is 5.56 Å². The van der Waals surface area contributed by atoms with Crippen molar-refractivity contribution in [3.8, 4) is 0 Å². The zero-order valence-corrected chi connectivity index (χ0v) is 12.6. The molecule has 0 saturated heterocycles. The molecule has 0 aromatic heterocycles. The van der Waals surface area contributed by atoms with E-state index in [0.29, 0.717) is 0 Å². The summed E-state index contributed by atoms with van der Waals surface area (Å²) in [6.07, 6.45) is 0. The molecule has 0 aliphatic heterocycles. The molecule has 3 nitrogen and oxygen atoms in total. The molecule has 6 heteroatoms. The van der Waals surface area contributed by atoms with Crippen LogP contribution in [0.4, 0.5) is 0 Å². The highest BCUT2D eigenvalue weighted by Crippen LogP contribution is 2.35. The van der Waals surface area contributed by atoms with Gasteiger partial charge in [0.1, 0.15) is 0 Å². The molecule has 0 spiro atoms.